The zero-order chi connectivity index (χ0) is 25.5. The van der Waals surface area contributed by atoms with Gasteiger partial charge in [-0.15, -0.1) is 10.2 Å². The van der Waals surface area contributed by atoms with Crippen molar-refractivity contribution in [3.8, 4) is 5.75 Å². The largest absolute Gasteiger partial charge is 0.497 e. The van der Waals surface area contributed by atoms with Gasteiger partial charge in [-0.3, -0.25) is 9.59 Å². The van der Waals surface area contributed by atoms with E-state index < -0.39 is 0 Å². The number of halogens is 2. The summed E-state index contributed by atoms with van der Waals surface area (Å²) in [5.74, 6) is 1.07. The Labute approximate surface area is 218 Å². The van der Waals surface area contributed by atoms with Crippen molar-refractivity contribution >= 4 is 52.5 Å². The van der Waals surface area contributed by atoms with Gasteiger partial charge in [0, 0.05) is 17.8 Å². The minimum Gasteiger partial charge on any atom is -0.497 e. The quantitative estimate of drug-likeness (QED) is 0.334. The van der Waals surface area contributed by atoms with Crippen molar-refractivity contribution < 1.29 is 14.3 Å². The molecule has 0 radical (unpaired) electrons. The third-order valence-electron chi connectivity index (χ3n) is 5.18. The molecule has 1 aromatic heterocycles. The number of carbonyl (C=O) groups is 2. The Morgan fingerprint density at radius 3 is 2.40 bits per heavy atom. The smallest absolute Gasteiger partial charge is 0.251 e. The third-order valence-corrected chi connectivity index (χ3v) is 6.89. The number of anilines is 1. The molecule has 0 aliphatic carbocycles. The van der Waals surface area contributed by atoms with Gasteiger partial charge >= 0.3 is 0 Å². The summed E-state index contributed by atoms with van der Waals surface area (Å²) in [5.41, 5.74) is 1.08. The number of benzene rings is 2. The molecule has 1 atom stereocenters. The minimum atomic E-state index is -0.364. The first-order chi connectivity index (χ1) is 16.7. The van der Waals surface area contributed by atoms with Crippen molar-refractivity contribution in [1.82, 2.24) is 20.1 Å². The van der Waals surface area contributed by atoms with E-state index in [1.54, 1.807) is 49.6 Å². The maximum absolute atomic E-state index is 12.9. The molecular weight excluding hydrogens is 509 g/mol. The first kappa shape index (κ1) is 26.8. The number of ether oxygens (including phenoxy) is 1. The summed E-state index contributed by atoms with van der Waals surface area (Å²) in [6.45, 7) is 6.56. The first-order valence-electron chi connectivity index (χ1n) is 11.0. The zero-order valence-electron chi connectivity index (χ0n) is 19.8. The average molecular weight is 536 g/mol. The molecule has 186 valence electrons. The Kier molecular flexibility index (Phi) is 9.42. The summed E-state index contributed by atoms with van der Waals surface area (Å²) in [4.78, 5) is 25.3. The summed E-state index contributed by atoms with van der Waals surface area (Å²) >= 11 is 13.2. The van der Waals surface area contributed by atoms with E-state index in [0.29, 0.717) is 44.6 Å². The summed E-state index contributed by atoms with van der Waals surface area (Å²) < 4.78 is 7.07. The van der Waals surface area contributed by atoms with Crippen LogP contribution in [0.25, 0.3) is 0 Å². The Hall–Kier alpha value is -2.75. The molecule has 0 saturated carbocycles. The van der Waals surface area contributed by atoms with Crippen molar-refractivity contribution in [2.45, 2.75) is 38.5 Å². The van der Waals surface area contributed by atoms with Gasteiger partial charge in [-0.2, -0.15) is 0 Å². The van der Waals surface area contributed by atoms with Gasteiger partial charge in [0.2, 0.25) is 5.91 Å². The molecule has 0 bridgehead atoms. The molecule has 0 unspecified atom stereocenters. The van der Waals surface area contributed by atoms with Crippen LogP contribution in [0.2, 0.25) is 10.0 Å². The molecule has 0 spiro atoms. The van der Waals surface area contributed by atoms with E-state index in [2.05, 4.69) is 20.8 Å². The van der Waals surface area contributed by atoms with E-state index in [-0.39, 0.29) is 29.5 Å². The number of hydrogen-bond acceptors (Lipinski definition) is 6. The van der Waals surface area contributed by atoms with Crippen LogP contribution in [0.3, 0.4) is 0 Å². The first-order valence-corrected chi connectivity index (χ1v) is 12.7. The molecule has 0 aliphatic rings. The fourth-order valence-electron chi connectivity index (χ4n) is 3.33. The number of nitrogens with zero attached hydrogens (tertiary/aromatic N) is 3. The van der Waals surface area contributed by atoms with Gasteiger partial charge in [0.25, 0.3) is 5.91 Å². The molecule has 11 heteroatoms. The monoisotopic (exact) mass is 535 g/mol. The van der Waals surface area contributed by atoms with E-state index in [1.807, 2.05) is 25.3 Å². The lowest BCUT2D eigenvalue weighted by Crippen LogP contribution is -2.33. The van der Waals surface area contributed by atoms with Crippen LogP contribution in [0.5, 0.6) is 5.75 Å². The van der Waals surface area contributed by atoms with Gasteiger partial charge in [-0.05, 0) is 55.3 Å². The topological polar surface area (TPSA) is 98.1 Å². The predicted molar refractivity (Wildman–Crippen MR) is 140 cm³/mol. The van der Waals surface area contributed by atoms with Crippen LogP contribution in [0, 0.1) is 5.92 Å². The predicted octanol–water partition coefficient (Wildman–Crippen LogP) is 5.47. The minimum absolute atomic E-state index is 0.0579. The lowest BCUT2D eigenvalue weighted by atomic mass is 10.0. The molecule has 8 nitrogen and oxygen atoms in total. The van der Waals surface area contributed by atoms with E-state index >= 15 is 0 Å². The Morgan fingerprint density at radius 1 is 1.09 bits per heavy atom. The third kappa shape index (κ3) is 6.90. The number of amides is 2. The number of rotatable bonds is 10. The summed E-state index contributed by atoms with van der Waals surface area (Å²) in [6.07, 6.45) is 0. The number of nitrogens with one attached hydrogen (secondary N) is 2. The van der Waals surface area contributed by atoms with E-state index in [0.717, 1.165) is 0 Å². The van der Waals surface area contributed by atoms with Crippen LogP contribution < -0.4 is 15.4 Å². The van der Waals surface area contributed by atoms with E-state index in [9.17, 15) is 9.59 Å². The molecule has 1 heterocycles. The number of carbonyl (C=O) groups excluding carboxylic acids is 2. The molecule has 0 aliphatic heterocycles. The van der Waals surface area contributed by atoms with Crippen LogP contribution in [0.4, 0.5) is 5.69 Å². The van der Waals surface area contributed by atoms with Gasteiger partial charge in [0.15, 0.2) is 11.0 Å². The van der Waals surface area contributed by atoms with Gasteiger partial charge in [-0.1, -0.05) is 48.8 Å². The van der Waals surface area contributed by atoms with Gasteiger partial charge in [0.05, 0.1) is 28.9 Å². The number of hydrogen-bond donors (Lipinski definition) is 2. The zero-order valence-corrected chi connectivity index (χ0v) is 22.2. The van der Waals surface area contributed by atoms with Gasteiger partial charge < -0.3 is 19.9 Å². The number of aromatic nitrogens is 3. The van der Waals surface area contributed by atoms with E-state index in [1.165, 1.54) is 11.8 Å². The molecule has 3 rings (SSSR count). The SMILES string of the molecule is CCn1c(SCC(=O)Nc2ccc(Cl)c(Cl)c2)nnc1[C@H](NC(=O)c1ccc(OC)cc1)C(C)C. The summed E-state index contributed by atoms with van der Waals surface area (Å²) in [5, 5.41) is 15.9. The lowest BCUT2D eigenvalue weighted by molar-refractivity contribution is -0.113. The molecule has 3 aromatic rings. The maximum Gasteiger partial charge on any atom is 0.251 e. The molecular formula is C24H27Cl2N5O3S. The number of thioether (sulfide) groups is 1. The highest BCUT2D eigenvalue weighted by Crippen LogP contribution is 2.27. The van der Waals surface area contributed by atoms with Crippen LogP contribution in [-0.4, -0.2) is 39.4 Å². The normalized spacial score (nSPS) is 11.9. The Bertz CT molecular complexity index is 1180. The van der Waals surface area contributed by atoms with Crippen molar-refractivity contribution in [1.29, 1.82) is 0 Å². The molecule has 0 saturated heterocycles. The second-order valence-corrected chi connectivity index (χ2v) is 9.73. The fourth-order valence-corrected chi connectivity index (χ4v) is 4.44. The van der Waals surface area contributed by atoms with Crippen molar-refractivity contribution in [3.05, 3.63) is 63.9 Å². The molecule has 0 fully saturated rings. The highest BCUT2D eigenvalue weighted by atomic mass is 35.5. The molecule has 2 amide bonds. The molecule has 2 aromatic carbocycles. The Balaban J connectivity index is 1.70. The van der Waals surface area contributed by atoms with Crippen molar-refractivity contribution in [2.24, 2.45) is 5.92 Å². The second kappa shape index (κ2) is 12.3. The highest BCUT2D eigenvalue weighted by Gasteiger charge is 2.26. The van der Waals surface area contributed by atoms with Crippen LogP contribution in [-0.2, 0) is 11.3 Å². The van der Waals surface area contributed by atoms with Gasteiger partial charge in [-0.25, -0.2) is 0 Å². The highest BCUT2D eigenvalue weighted by molar-refractivity contribution is 7.99. The van der Waals surface area contributed by atoms with Crippen LogP contribution >= 0.6 is 35.0 Å². The molecule has 35 heavy (non-hydrogen) atoms. The van der Waals surface area contributed by atoms with E-state index in [4.69, 9.17) is 27.9 Å². The average Bonchev–Trinajstić information content (AvgIpc) is 3.25. The Morgan fingerprint density at radius 2 is 1.80 bits per heavy atom. The van der Waals surface area contributed by atoms with Gasteiger partial charge in [0.1, 0.15) is 5.75 Å². The van der Waals surface area contributed by atoms with Crippen molar-refractivity contribution in [3.63, 3.8) is 0 Å². The summed E-state index contributed by atoms with van der Waals surface area (Å²) in [7, 11) is 1.58. The van der Waals surface area contributed by atoms with Crippen molar-refractivity contribution in [2.75, 3.05) is 18.2 Å². The fraction of sp³-hybridized carbons (Fsp3) is 0.333. The maximum atomic E-state index is 12.9. The van der Waals surface area contributed by atoms with Crippen LogP contribution in [0.1, 0.15) is 43.0 Å². The summed E-state index contributed by atoms with van der Waals surface area (Å²) in [6, 6.07) is 11.4. The second-order valence-electron chi connectivity index (χ2n) is 7.97. The standard InChI is InChI=1S/C24H27Cl2N5O3S/c1-5-31-22(21(14(2)3)28-23(33)15-6-9-17(34-4)10-7-15)29-30-24(31)35-13-20(32)27-16-8-11-18(25)19(26)12-16/h6-12,14,21H,5,13H2,1-4H3,(H,27,32)(H,28,33)/t21-/m1/s1. The molecule has 2 N–H and O–H groups in total. The lowest BCUT2D eigenvalue weighted by Gasteiger charge is -2.22. The number of methoxy groups -OCH3 is 1. The van der Waals surface area contributed by atoms with Crippen LogP contribution in [0.15, 0.2) is 47.6 Å².